The molecule has 2 amide bonds. The number of nitrogens with zero attached hydrogens (tertiary/aromatic N) is 3. The van der Waals surface area contributed by atoms with Gasteiger partial charge in [-0.15, -0.1) is 0 Å². The Labute approximate surface area is 214 Å². The molecule has 0 unspecified atom stereocenters. The van der Waals surface area contributed by atoms with Crippen LogP contribution in [-0.2, 0) is 9.53 Å². The van der Waals surface area contributed by atoms with E-state index in [9.17, 15) is 9.59 Å². The lowest BCUT2D eigenvalue weighted by atomic mass is 10.1. The van der Waals surface area contributed by atoms with E-state index >= 15 is 0 Å². The fourth-order valence-electron chi connectivity index (χ4n) is 4.06. The summed E-state index contributed by atoms with van der Waals surface area (Å²) in [7, 11) is 1.55. The number of thioether (sulfide) groups is 1. The normalized spacial score (nSPS) is 18.2. The number of hydrogen-bond acceptors (Lipinski definition) is 6. The lowest BCUT2D eigenvalue weighted by molar-refractivity contribution is -0.113. The average molecular weight is 500 g/mol. The van der Waals surface area contributed by atoms with Crippen molar-refractivity contribution in [1.29, 1.82) is 0 Å². The molecule has 0 atom stereocenters. The second-order valence-electron chi connectivity index (χ2n) is 8.18. The van der Waals surface area contributed by atoms with E-state index in [-0.39, 0.29) is 11.1 Å². The Bertz CT molecular complexity index is 1320. The van der Waals surface area contributed by atoms with Gasteiger partial charge >= 0.3 is 0 Å². The Morgan fingerprint density at radius 3 is 2.39 bits per heavy atom. The van der Waals surface area contributed by atoms with Crippen molar-refractivity contribution in [2.24, 2.45) is 4.99 Å². The van der Waals surface area contributed by atoms with Gasteiger partial charge < -0.3 is 14.4 Å². The quantitative estimate of drug-likeness (QED) is 0.468. The molecule has 0 N–H and O–H groups in total. The molecule has 8 heteroatoms. The lowest BCUT2D eigenvalue weighted by Crippen LogP contribution is -2.36. The van der Waals surface area contributed by atoms with Gasteiger partial charge in [0.1, 0.15) is 5.75 Å². The molecular formula is C28H25N3O4S. The number of rotatable bonds is 5. The summed E-state index contributed by atoms with van der Waals surface area (Å²) in [5.41, 5.74) is 2.99. The molecule has 182 valence electrons. The molecule has 2 saturated heterocycles. The molecule has 2 heterocycles. The van der Waals surface area contributed by atoms with Crippen molar-refractivity contribution in [2.45, 2.75) is 0 Å². The molecule has 7 nitrogen and oxygen atoms in total. The molecule has 0 bridgehead atoms. The first-order valence-corrected chi connectivity index (χ1v) is 12.4. The van der Waals surface area contributed by atoms with Gasteiger partial charge in [0, 0.05) is 24.3 Å². The third-order valence-corrected chi connectivity index (χ3v) is 6.89. The first-order valence-electron chi connectivity index (χ1n) is 11.6. The number of hydrogen-bond donors (Lipinski definition) is 0. The van der Waals surface area contributed by atoms with Crippen molar-refractivity contribution in [1.82, 2.24) is 0 Å². The van der Waals surface area contributed by atoms with Gasteiger partial charge in [-0.3, -0.25) is 14.5 Å². The number of carbonyl (C=O) groups is 2. The Hall–Kier alpha value is -3.88. The smallest absolute Gasteiger partial charge is 0.279 e. The number of methoxy groups -OCH3 is 1. The highest BCUT2D eigenvalue weighted by Crippen LogP contribution is 2.40. The fraction of sp³-hybridized carbons (Fsp3) is 0.179. The molecule has 0 spiro atoms. The first-order chi connectivity index (χ1) is 17.6. The molecule has 2 aliphatic heterocycles. The Morgan fingerprint density at radius 2 is 1.67 bits per heavy atom. The van der Waals surface area contributed by atoms with Crippen LogP contribution >= 0.6 is 11.8 Å². The summed E-state index contributed by atoms with van der Waals surface area (Å²) < 4.78 is 10.9. The Balaban J connectivity index is 1.48. The van der Waals surface area contributed by atoms with Crippen LogP contribution in [0, 0.1) is 0 Å². The van der Waals surface area contributed by atoms with Crippen molar-refractivity contribution in [3.8, 4) is 5.75 Å². The van der Waals surface area contributed by atoms with Crippen molar-refractivity contribution < 1.29 is 19.1 Å². The summed E-state index contributed by atoms with van der Waals surface area (Å²) in [6, 6.07) is 24.1. The van der Waals surface area contributed by atoms with Crippen molar-refractivity contribution in [3.05, 3.63) is 94.9 Å². The van der Waals surface area contributed by atoms with Crippen molar-refractivity contribution in [3.63, 3.8) is 0 Å². The number of anilines is 2. The van der Waals surface area contributed by atoms with E-state index in [0.29, 0.717) is 21.9 Å². The van der Waals surface area contributed by atoms with Gasteiger partial charge in [-0.05, 0) is 59.8 Å². The van der Waals surface area contributed by atoms with Crippen LogP contribution in [0.5, 0.6) is 5.75 Å². The molecule has 0 aromatic heterocycles. The average Bonchev–Trinajstić information content (AvgIpc) is 3.23. The summed E-state index contributed by atoms with van der Waals surface area (Å²) >= 11 is 1.18. The van der Waals surface area contributed by atoms with Gasteiger partial charge in [0.2, 0.25) is 0 Å². The minimum atomic E-state index is -0.415. The van der Waals surface area contributed by atoms with E-state index in [0.717, 1.165) is 37.6 Å². The second-order valence-corrected chi connectivity index (χ2v) is 9.19. The predicted molar refractivity (Wildman–Crippen MR) is 144 cm³/mol. The first kappa shape index (κ1) is 23.8. The summed E-state index contributed by atoms with van der Waals surface area (Å²) in [4.78, 5) is 35.0. The van der Waals surface area contributed by atoms with Gasteiger partial charge in [-0.2, -0.15) is 4.99 Å². The largest absolute Gasteiger partial charge is 0.495 e. The van der Waals surface area contributed by atoms with Crippen molar-refractivity contribution >= 4 is 46.2 Å². The Kier molecular flexibility index (Phi) is 7.16. The van der Waals surface area contributed by atoms with Crippen LogP contribution in [-0.4, -0.2) is 50.4 Å². The maximum atomic E-state index is 13.6. The van der Waals surface area contributed by atoms with Crippen LogP contribution in [0.15, 0.2) is 88.8 Å². The van der Waals surface area contributed by atoms with E-state index in [2.05, 4.69) is 9.89 Å². The zero-order chi connectivity index (χ0) is 24.9. The number of amidine groups is 1. The predicted octanol–water partition coefficient (Wildman–Crippen LogP) is 4.85. The topological polar surface area (TPSA) is 71.4 Å². The molecule has 36 heavy (non-hydrogen) atoms. The van der Waals surface area contributed by atoms with E-state index in [1.807, 2.05) is 48.5 Å². The van der Waals surface area contributed by atoms with Crippen LogP contribution in [0.4, 0.5) is 11.4 Å². The van der Waals surface area contributed by atoms with Gasteiger partial charge in [0.25, 0.3) is 11.8 Å². The van der Waals surface area contributed by atoms with Gasteiger partial charge in [0.15, 0.2) is 5.17 Å². The third-order valence-electron chi connectivity index (χ3n) is 5.92. The van der Waals surface area contributed by atoms with Crippen LogP contribution in [0.3, 0.4) is 0 Å². The number of amides is 2. The molecule has 3 aromatic carbocycles. The number of ether oxygens (including phenoxy) is 2. The minimum absolute atomic E-state index is 0.263. The number of morpholine rings is 1. The fourth-order valence-corrected chi connectivity index (χ4v) is 5.03. The third kappa shape index (κ3) is 5.05. The monoisotopic (exact) mass is 499 g/mol. The summed E-state index contributed by atoms with van der Waals surface area (Å²) in [5, 5.41) is 0.287. The van der Waals surface area contributed by atoms with Crippen LogP contribution < -0.4 is 14.5 Å². The van der Waals surface area contributed by atoms with E-state index < -0.39 is 5.91 Å². The number of carbonyl (C=O) groups excluding carboxylic acids is 2. The molecule has 0 radical (unpaired) electrons. The molecular weight excluding hydrogens is 474 g/mol. The van der Waals surface area contributed by atoms with Gasteiger partial charge in [-0.1, -0.05) is 42.5 Å². The maximum Gasteiger partial charge on any atom is 0.279 e. The summed E-state index contributed by atoms with van der Waals surface area (Å²) in [6.07, 6.45) is 1.83. The minimum Gasteiger partial charge on any atom is -0.495 e. The van der Waals surface area contributed by atoms with Gasteiger partial charge in [-0.25, -0.2) is 0 Å². The highest BCUT2D eigenvalue weighted by Gasteiger charge is 2.36. The second kappa shape index (κ2) is 10.8. The summed E-state index contributed by atoms with van der Waals surface area (Å²) in [6.45, 7) is 3.16. The molecule has 0 aliphatic carbocycles. The van der Waals surface area contributed by atoms with Crippen molar-refractivity contribution in [2.75, 3.05) is 43.2 Å². The number of para-hydroxylation sites is 2. The molecule has 2 fully saturated rings. The van der Waals surface area contributed by atoms with E-state index in [1.54, 1.807) is 43.5 Å². The Morgan fingerprint density at radius 1 is 0.972 bits per heavy atom. The van der Waals surface area contributed by atoms with Crippen LogP contribution in [0.2, 0.25) is 0 Å². The van der Waals surface area contributed by atoms with E-state index in [1.165, 1.54) is 16.7 Å². The van der Waals surface area contributed by atoms with E-state index in [4.69, 9.17) is 9.47 Å². The zero-order valence-corrected chi connectivity index (χ0v) is 20.6. The van der Waals surface area contributed by atoms with Gasteiger partial charge in [0.05, 0.1) is 30.9 Å². The SMILES string of the molecule is COc1ccccc1N1C(=O)C(=Cc2ccc(N3CCOCC3)cc2)SC1=NC(=O)c1ccccc1. The number of aliphatic imine (C=N–C) groups is 1. The standard InChI is InChI=1S/C28H25N3O4S/c1-34-24-10-6-5-9-23(24)31-27(33)25(36-28(31)29-26(32)21-7-3-2-4-8-21)19-20-11-13-22(14-12-20)30-15-17-35-18-16-30/h2-14,19H,15-18H2,1H3. The molecule has 5 rings (SSSR count). The molecule has 3 aromatic rings. The molecule has 2 aliphatic rings. The maximum absolute atomic E-state index is 13.6. The lowest BCUT2D eigenvalue weighted by Gasteiger charge is -2.28. The molecule has 0 saturated carbocycles. The zero-order valence-electron chi connectivity index (χ0n) is 19.8. The number of benzene rings is 3. The summed E-state index contributed by atoms with van der Waals surface area (Å²) in [5.74, 6) is -0.161. The highest BCUT2D eigenvalue weighted by molar-refractivity contribution is 8.19. The van der Waals surface area contributed by atoms with Crippen LogP contribution in [0.25, 0.3) is 6.08 Å². The van der Waals surface area contributed by atoms with Crippen LogP contribution in [0.1, 0.15) is 15.9 Å². The highest BCUT2D eigenvalue weighted by atomic mass is 32.2.